The van der Waals surface area contributed by atoms with Crippen LogP contribution in [0.5, 0.6) is 0 Å². The molecule has 0 atom stereocenters. The van der Waals surface area contributed by atoms with E-state index in [0.29, 0.717) is 0 Å². The van der Waals surface area contributed by atoms with Crippen LogP contribution in [-0.4, -0.2) is 0 Å². The zero-order valence-electron chi connectivity index (χ0n) is 15.4. The molecule has 0 spiro atoms. The number of allylic oxidation sites excluding steroid dienone is 4. The van der Waals surface area contributed by atoms with Gasteiger partial charge in [0.25, 0.3) is 0 Å². The Labute approximate surface area is 140 Å². The quantitative estimate of drug-likeness (QED) is 0.269. The van der Waals surface area contributed by atoms with Crippen LogP contribution in [0.2, 0.25) is 0 Å². The largest absolute Gasteiger partial charge is 0.0805 e. The summed E-state index contributed by atoms with van der Waals surface area (Å²) < 4.78 is 0. The highest BCUT2D eigenvalue weighted by Crippen LogP contribution is 2.30. The van der Waals surface area contributed by atoms with Crippen molar-refractivity contribution in [2.75, 3.05) is 0 Å². The van der Waals surface area contributed by atoms with E-state index >= 15 is 0 Å². The molecule has 0 heterocycles. The lowest BCUT2D eigenvalue weighted by Crippen LogP contribution is -2.04. The molecule has 0 aromatic rings. The Morgan fingerprint density at radius 2 is 1.23 bits per heavy atom. The molecule has 0 amide bonds. The van der Waals surface area contributed by atoms with Crippen LogP contribution >= 0.6 is 0 Å². The van der Waals surface area contributed by atoms with Gasteiger partial charge in [-0.1, -0.05) is 115 Å². The van der Waals surface area contributed by atoms with E-state index in [2.05, 4.69) is 32.1 Å². The molecule has 128 valence electrons. The van der Waals surface area contributed by atoms with Gasteiger partial charge in [0.1, 0.15) is 0 Å². The second-order valence-electron chi connectivity index (χ2n) is 7.18. The highest BCUT2D eigenvalue weighted by Gasteiger charge is 2.14. The maximum absolute atomic E-state index is 2.40. The van der Waals surface area contributed by atoms with Crippen molar-refractivity contribution in [1.82, 2.24) is 0 Å². The molecule has 0 aromatic carbocycles. The van der Waals surface area contributed by atoms with Crippen molar-refractivity contribution in [2.24, 2.45) is 5.92 Å². The predicted octanol–water partition coefficient (Wildman–Crippen LogP) is 7.99. The molecule has 1 aliphatic carbocycles. The molecule has 0 radical (unpaired) electrons. The van der Waals surface area contributed by atoms with E-state index in [1.165, 1.54) is 96.3 Å². The zero-order chi connectivity index (χ0) is 15.9. The Balaban J connectivity index is 2.14. The smallest absolute Gasteiger partial charge is 0.0130 e. The summed E-state index contributed by atoms with van der Waals surface area (Å²) in [4.78, 5) is 0. The molecule has 0 aliphatic heterocycles. The molecular formula is C22H40. The van der Waals surface area contributed by atoms with E-state index < -0.39 is 0 Å². The molecule has 0 bridgehead atoms. The van der Waals surface area contributed by atoms with Gasteiger partial charge < -0.3 is 0 Å². The van der Waals surface area contributed by atoms with Gasteiger partial charge in [-0.2, -0.15) is 0 Å². The number of hydrogen-bond donors (Lipinski definition) is 0. The molecule has 0 unspecified atom stereocenters. The molecule has 0 saturated heterocycles. The van der Waals surface area contributed by atoms with Crippen molar-refractivity contribution in [2.45, 2.75) is 110 Å². The van der Waals surface area contributed by atoms with Gasteiger partial charge in [-0.15, -0.1) is 0 Å². The monoisotopic (exact) mass is 304 g/mol. The van der Waals surface area contributed by atoms with Crippen molar-refractivity contribution < 1.29 is 0 Å². The van der Waals surface area contributed by atoms with Gasteiger partial charge in [0.15, 0.2) is 0 Å². The van der Waals surface area contributed by atoms with Crippen molar-refractivity contribution >= 4 is 0 Å². The van der Waals surface area contributed by atoms with E-state index in [9.17, 15) is 0 Å². The summed E-state index contributed by atoms with van der Waals surface area (Å²) in [5.41, 5.74) is 1.72. The minimum atomic E-state index is 0.882. The molecule has 1 aliphatic rings. The van der Waals surface area contributed by atoms with E-state index in [4.69, 9.17) is 0 Å². The molecule has 0 N–H and O–H groups in total. The molecule has 1 rings (SSSR count). The fraction of sp³-hybridized carbons (Fsp3) is 0.818. The van der Waals surface area contributed by atoms with Crippen LogP contribution in [0, 0.1) is 5.92 Å². The van der Waals surface area contributed by atoms with Gasteiger partial charge in [-0.05, 0) is 25.2 Å². The highest BCUT2D eigenvalue weighted by atomic mass is 14.2. The summed E-state index contributed by atoms with van der Waals surface area (Å²) in [6.07, 6.45) is 28.3. The standard InChI is InChI=1S/C22H40/c1-3-5-7-9-11-13-17-21(22-19-15-16-20-22)18-14-12-10-8-6-4-2/h15-16,19,21H,3-14,17-18,20H2,1-2H3. The predicted molar refractivity (Wildman–Crippen MR) is 101 cm³/mol. The van der Waals surface area contributed by atoms with Crippen molar-refractivity contribution in [3.05, 3.63) is 23.8 Å². The third kappa shape index (κ3) is 9.49. The van der Waals surface area contributed by atoms with E-state index in [1.54, 1.807) is 5.57 Å². The SMILES string of the molecule is CCCCCCCCC(CCCCCCCC)C1=CC=CC1. The maximum Gasteiger partial charge on any atom is -0.0130 e. The van der Waals surface area contributed by atoms with Crippen LogP contribution in [-0.2, 0) is 0 Å². The first-order valence-corrected chi connectivity index (χ1v) is 10.2. The summed E-state index contributed by atoms with van der Waals surface area (Å²) in [5.74, 6) is 0.882. The lowest BCUT2D eigenvalue weighted by Gasteiger charge is -2.18. The second kappa shape index (κ2) is 14.1. The first kappa shape index (κ1) is 19.5. The number of rotatable bonds is 15. The molecule has 0 nitrogen and oxygen atoms in total. The summed E-state index contributed by atoms with van der Waals surface area (Å²) in [6.45, 7) is 4.60. The molecule has 22 heavy (non-hydrogen) atoms. The average molecular weight is 305 g/mol. The van der Waals surface area contributed by atoms with E-state index in [1.807, 2.05) is 0 Å². The number of hydrogen-bond acceptors (Lipinski definition) is 0. The molecule has 0 fully saturated rings. The average Bonchev–Trinajstić information content (AvgIpc) is 3.06. The van der Waals surface area contributed by atoms with E-state index in [0.717, 1.165) is 5.92 Å². The third-order valence-corrected chi connectivity index (χ3v) is 5.14. The fourth-order valence-corrected chi connectivity index (χ4v) is 3.62. The molecular weight excluding hydrogens is 264 g/mol. The summed E-state index contributed by atoms with van der Waals surface area (Å²) in [6, 6.07) is 0. The summed E-state index contributed by atoms with van der Waals surface area (Å²) in [5, 5.41) is 0. The van der Waals surface area contributed by atoms with Crippen LogP contribution in [0.15, 0.2) is 23.8 Å². The molecule has 0 aromatic heterocycles. The fourth-order valence-electron chi connectivity index (χ4n) is 3.62. The second-order valence-corrected chi connectivity index (χ2v) is 7.18. The minimum Gasteiger partial charge on any atom is -0.0805 e. The Morgan fingerprint density at radius 1 is 0.727 bits per heavy atom. The van der Waals surface area contributed by atoms with Crippen LogP contribution in [0.25, 0.3) is 0 Å². The zero-order valence-corrected chi connectivity index (χ0v) is 15.4. The van der Waals surface area contributed by atoms with Gasteiger partial charge >= 0.3 is 0 Å². The number of unbranched alkanes of at least 4 members (excludes halogenated alkanes) is 10. The Morgan fingerprint density at radius 3 is 1.68 bits per heavy atom. The topological polar surface area (TPSA) is 0 Å². The maximum atomic E-state index is 2.40. The Hall–Kier alpha value is -0.520. The first-order valence-electron chi connectivity index (χ1n) is 10.2. The van der Waals surface area contributed by atoms with Crippen molar-refractivity contribution in [1.29, 1.82) is 0 Å². The Bertz CT molecular complexity index is 281. The molecule has 0 saturated carbocycles. The summed E-state index contributed by atoms with van der Waals surface area (Å²) in [7, 11) is 0. The van der Waals surface area contributed by atoms with E-state index in [-0.39, 0.29) is 0 Å². The van der Waals surface area contributed by atoms with Crippen LogP contribution < -0.4 is 0 Å². The lowest BCUT2D eigenvalue weighted by atomic mass is 9.87. The summed E-state index contributed by atoms with van der Waals surface area (Å²) >= 11 is 0. The van der Waals surface area contributed by atoms with Crippen molar-refractivity contribution in [3.63, 3.8) is 0 Å². The van der Waals surface area contributed by atoms with Crippen molar-refractivity contribution in [3.8, 4) is 0 Å². The van der Waals surface area contributed by atoms with Gasteiger partial charge in [-0.25, -0.2) is 0 Å². The highest BCUT2D eigenvalue weighted by molar-refractivity contribution is 5.25. The normalized spacial score (nSPS) is 14.0. The Kier molecular flexibility index (Phi) is 12.5. The van der Waals surface area contributed by atoms with Gasteiger partial charge in [-0.3, -0.25) is 0 Å². The first-order chi connectivity index (χ1) is 10.9. The third-order valence-electron chi connectivity index (χ3n) is 5.14. The van der Waals surface area contributed by atoms with Gasteiger partial charge in [0, 0.05) is 0 Å². The van der Waals surface area contributed by atoms with Gasteiger partial charge in [0.05, 0.1) is 0 Å². The van der Waals surface area contributed by atoms with Crippen LogP contribution in [0.1, 0.15) is 110 Å². The van der Waals surface area contributed by atoms with Gasteiger partial charge in [0.2, 0.25) is 0 Å². The lowest BCUT2D eigenvalue weighted by molar-refractivity contribution is 0.446. The minimum absolute atomic E-state index is 0.882. The molecule has 0 heteroatoms. The van der Waals surface area contributed by atoms with Crippen LogP contribution in [0.3, 0.4) is 0 Å². The van der Waals surface area contributed by atoms with Crippen LogP contribution in [0.4, 0.5) is 0 Å².